The second-order valence-corrected chi connectivity index (χ2v) is 5.24. The number of rotatable bonds is 3. The first-order valence-corrected chi connectivity index (χ1v) is 4.69. The Morgan fingerprint density at radius 1 is 1.55 bits per heavy atom. The molecule has 64 valence electrons. The number of nitriles is 1. The lowest BCUT2D eigenvalue weighted by atomic mass is 10.3. The highest BCUT2D eigenvalue weighted by Crippen LogP contribution is 2.23. The van der Waals surface area contributed by atoms with Gasteiger partial charge in [-0.25, -0.2) is 0 Å². The number of nitrogens with one attached hydrogen (secondary N) is 1. The molecule has 0 saturated heterocycles. The minimum Gasteiger partial charge on any atom is -0.304 e. The number of hydrogen-bond donors (Lipinski definition) is 1. The number of nitrogens with zero attached hydrogens (tertiary/aromatic N) is 1. The van der Waals surface area contributed by atoms with Gasteiger partial charge >= 0.3 is 0 Å². The van der Waals surface area contributed by atoms with Crippen molar-refractivity contribution in [2.45, 2.75) is 31.6 Å². The minimum atomic E-state index is -0.0146. The van der Waals surface area contributed by atoms with Gasteiger partial charge in [-0.2, -0.15) is 17.0 Å². The van der Waals surface area contributed by atoms with Gasteiger partial charge in [-0.15, -0.1) is 0 Å². The molecule has 0 aliphatic carbocycles. The van der Waals surface area contributed by atoms with Crippen LogP contribution in [0.2, 0.25) is 0 Å². The third-order valence-electron chi connectivity index (χ3n) is 1.19. The quantitative estimate of drug-likeness (QED) is 0.703. The third-order valence-corrected chi connectivity index (χ3v) is 2.55. The Morgan fingerprint density at radius 3 is 2.36 bits per heavy atom. The molecule has 0 aliphatic rings. The van der Waals surface area contributed by atoms with Crippen LogP contribution in [-0.4, -0.2) is 23.6 Å². The Hall–Kier alpha value is -0.200. The van der Waals surface area contributed by atoms with E-state index in [2.05, 4.69) is 32.2 Å². The van der Waals surface area contributed by atoms with Crippen molar-refractivity contribution in [3.05, 3.63) is 0 Å². The lowest BCUT2D eigenvalue weighted by Gasteiger charge is -2.18. The summed E-state index contributed by atoms with van der Waals surface area (Å²) in [6.07, 6.45) is 0. The predicted octanol–water partition coefficient (Wildman–Crippen LogP) is 1.63. The zero-order chi connectivity index (χ0) is 8.91. The van der Waals surface area contributed by atoms with E-state index in [1.165, 1.54) is 0 Å². The van der Waals surface area contributed by atoms with Crippen LogP contribution in [0.15, 0.2) is 0 Å². The van der Waals surface area contributed by atoms with E-state index in [1.807, 2.05) is 7.05 Å². The average molecular weight is 172 g/mol. The van der Waals surface area contributed by atoms with Gasteiger partial charge < -0.3 is 5.32 Å². The van der Waals surface area contributed by atoms with Gasteiger partial charge in [0.05, 0.1) is 6.07 Å². The first kappa shape index (κ1) is 10.8. The fraction of sp³-hybridized carbons (Fsp3) is 0.875. The summed E-state index contributed by atoms with van der Waals surface area (Å²) in [5.74, 6) is 0.858. The standard InChI is InChI=1S/C8H16N2S/c1-8(2,3)11-6-7(5-9)10-4/h7,10H,6H2,1-4H3. The van der Waals surface area contributed by atoms with Crippen LogP contribution in [0, 0.1) is 11.3 Å². The molecule has 1 N–H and O–H groups in total. The molecule has 0 radical (unpaired) electrons. The van der Waals surface area contributed by atoms with Crippen LogP contribution in [0.25, 0.3) is 0 Å². The molecule has 0 aromatic carbocycles. The molecule has 0 saturated carbocycles. The highest BCUT2D eigenvalue weighted by molar-refractivity contribution is 8.00. The predicted molar refractivity (Wildman–Crippen MR) is 50.7 cm³/mol. The van der Waals surface area contributed by atoms with Crippen molar-refractivity contribution in [1.29, 1.82) is 5.26 Å². The van der Waals surface area contributed by atoms with Crippen LogP contribution < -0.4 is 5.32 Å². The fourth-order valence-corrected chi connectivity index (χ4v) is 1.43. The van der Waals surface area contributed by atoms with E-state index in [1.54, 1.807) is 11.8 Å². The molecule has 0 aromatic heterocycles. The van der Waals surface area contributed by atoms with Crippen molar-refractivity contribution >= 4 is 11.8 Å². The van der Waals surface area contributed by atoms with E-state index in [4.69, 9.17) is 5.26 Å². The van der Waals surface area contributed by atoms with E-state index >= 15 is 0 Å². The van der Waals surface area contributed by atoms with E-state index in [9.17, 15) is 0 Å². The Morgan fingerprint density at radius 2 is 2.09 bits per heavy atom. The number of hydrogen-bond acceptors (Lipinski definition) is 3. The molecule has 1 atom stereocenters. The molecule has 0 spiro atoms. The first-order chi connectivity index (χ1) is 4.99. The topological polar surface area (TPSA) is 35.8 Å². The minimum absolute atomic E-state index is 0.0146. The van der Waals surface area contributed by atoms with Gasteiger partial charge in [0.1, 0.15) is 6.04 Å². The summed E-state index contributed by atoms with van der Waals surface area (Å²) in [5.41, 5.74) is 0. The van der Waals surface area contributed by atoms with Gasteiger partial charge in [0.15, 0.2) is 0 Å². The van der Waals surface area contributed by atoms with Crippen LogP contribution in [0.4, 0.5) is 0 Å². The molecule has 0 fully saturated rings. The van der Waals surface area contributed by atoms with Gasteiger partial charge in [-0.3, -0.25) is 0 Å². The fourth-order valence-electron chi connectivity index (χ4n) is 0.518. The van der Waals surface area contributed by atoms with Crippen LogP contribution in [0.3, 0.4) is 0 Å². The first-order valence-electron chi connectivity index (χ1n) is 3.70. The highest BCUT2D eigenvalue weighted by Gasteiger charge is 2.13. The molecule has 11 heavy (non-hydrogen) atoms. The van der Waals surface area contributed by atoms with Crippen LogP contribution in [0.1, 0.15) is 20.8 Å². The molecule has 0 amide bonds. The highest BCUT2D eigenvalue weighted by atomic mass is 32.2. The van der Waals surface area contributed by atoms with Gasteiger partial charge in [0, 0.05) is 10.5 Å². The second-order valence-electron chi connectivity index (χ2n) is 3.39. The van der Waals surface area contributed by atoms with Crippen LogP contribution >= 0.6 is 11.8 Å². The summed E-state index contributed by atoms with van der Waals surface area (Å²) in [6.45, 7) is 6.46. The summed E-state index contributed by atoms with van der Waals surface area (Å²) in [7, 11) is 1.82. The van der Waals surface area contributed by atoms with Crippen LogP contribution in [0.5, 0.6) is 0 Å². The largest absolute Gasteiger partial charge is 0.304 e. The third kappa shape index (κ3) is 6.21. The summed E-state index contributed by atoms with van der Waals surface area (Å²) in [6, 6.07) is 2.18. The van der Waals surface area contributed by atoms with Crippen LogP contribution in [-0.2, 0) is 0 Å². The van der Waals surface area contributed by atoms with Crippen molar-refractivity contribution in [3.8, 4) is 6.07 Å². The van der Waals surface area contributed by atoms with Gasteiger partial charge in [0.2, 0.25) is 0 Å². The molecule has 3 heteroatoms. The molecule has 2 nitrogen and oxygen atoms in total. The van der Waals surface area contributed by atoms with E-state index in [0.29, 0.717) is 0 Å². The maximum absolute atomic E-state index is 8.60. The summed E-state index contributed by atoms with van der Waals surface area (Å²) in [5, 5.41) is 11.5. The molecule has 0 rings (SSSR count). The molecule has 0 aliphatic heterocycles. The van der Waals surface area contributed by atoms with Crippen molar-refractivity contribution in [2.24, 2.45) is 0 Å². The second kappa shape index (κ2) is 4.63. The van der Waals surface area contributed by atoms with Gasteiger partial charge in [-0.1, -0.05) is 20.8 Å². The normalized spacial score (nSPS) is 14.1. The average Bonchev–Trinajstić information content (AvgIpc) is 1.88. The Balaban J connectivity index is 3.62. The molecular formula is C8H16N2S. The van der Waals surface area contributed by atoms with Gasteiger partial charge in [0.25, 0.3) is 0 Å². The summed E-state index contributed by atoms with van der Waals surface area (Å²) in [4.78, 5) is 0. The molecule has 1 unspecified atom stereocenters. The van der Waals surface area contributed by atoms with E-state index in [0.717, 1.165) is 5.75 Å². The van der Waals surface area contributed by atoms with E-state index < -0.39 is 0 Å². The van der Waals surface area contributed by atoms with Crippen molar-refractivity contribution < 1.29 is 0 Å². The maximum atomic E-state index is 8.60. The summed E-state index contributed by atoms with van der Waals surface area (Å²) < 4.78 is 0.256. The van der Waals surface area contributed by atoms with Crippen molar-refractivity contribution in [2.75, 3.05) is 12.8 Å². The number of thioether (sulfide) groups is 1. The monoisotopic (exact) mass is 172 g/mol. The Labute approximate surface area is 73.4 Å². The zero-order valence-corrected chi connectivity index (χ0v) is 8.46. The zero-order valence-electron chi connectivity index (χ0n) is 7.64. The lowest BCUT2D eigenvalue weighted by Crippen LogP contribution is -2.27. The smallest absolute Gasteiger partial charge is 0.104 e. The van der Waals surface area contributed by atoms with Crippen molar-refractivity contribution in [1.82, 2.24) is 5.32 Å². The molecular weight excluding hydrogens is 156 g/mol. The summed E-state index contributed by atoms with van der Waals surface area (Å²) >= 11 is 1.81. The molecule has 0 heterocycles. The Kier molecular flexibility index (Phi) is 4.55. The molecule has 0 aromatic rings. The van der Waals surface area contributed by atoms with E-state index in [-0.39, 0.29) is 10.8 Å². The Bertz CT molecular complexity index is 143. The van der Waals surface area contributed by atoms with Gasteiger partial charge in [-0.05, 0) is 7.05 Å². The van der Waals surface area contributed by atoms with Crippen molar-refractivity contribution in [3.63, 3.8) is 0 Å². The molecule has 0 bridgehead atoms. The SMILES string of the molecule is CNC(C#N)CSC(C)(C)C. The lowest BCUT2D eigenvalue weighted by molar-refractivity contribution is 0.737. The maximum Gasteiger partial charge on any atom is 0.104 e.